The molecule has 0 fully saturated rings. The average Bonchev–Trinajstić information content (AvgIpc) is 2.25. The van der Waals surface area contributed by atoms with Crippen LogP contribution in [0.3, 0.4) is 0 Å². The molecule has 0 atom stereocenters. The summed E-state index contributed by atoms with van der Waals surface area (Å²) in [5.41, 5.74) is -0.0913. The minimum Gasteiger partial charge on any atom is -0.486 e. The molecule has 88 valence electrons. The van der Waals surface area contributed by atoms with Gasteiger partial charge in [0.25, 0.3) is 0 Å². The molecule has 0 aliphatic heterocycles. The number of rotatable bonds is 6. The zero-order chi connectivity index (χ0) is 12.0. The van der Waals surface area contributed by atoms with Crippen LogP contribution in [0.1, 0.15) is 12.8 Å². The second-order valence-corrected chi connectivity index (χ2v) is 4.29. The van der Waals surface area contributed by atoms with Gasteiger partial charge >= 0.3 is 5.69 Å². The van der Waals surface area contributed by atoms with Crippen molar-refractivity contribution in [2.24, 2.45) is 0 Å². The van der Waals surface area contributed by atoms with E-state index in [0.29, 0.717) is 6.61 Å². The molecule has 6 heteroatoms. The molecule has 0 aliphatic carbocycles. The number of para-hydroxylation sites is 1. The van der Waals surface area contributed by atoms with Gasteiger partial charge in [-0.3, -0.25) is 10.1 Å². The van der Waals surface area contributed by atoms with Crippen molar-refractivity contribution in [2.45, 2.75) is 12.8 Å². The number of benzene rings is 1. The van der Waals surface area contributed by atoms with Gasteiger partial charge in [-0.25, -0.2) is 0 Å². The van der Waals surface area contributed by atoms with Crippen LogP contribution in [0.5, 0.6) is 5.75 Å². The van der Waals surface area contributed by atoms with Crippen LogP contribution in [0.15, 0.2) is 18.2 Å². The third-order valence-electron chi connectivity index (χ3n) is 1.92. The predicted molar refractivity (Wildman–Crippen MR) is 66.6 cm³/mol. The summed E-state index contributed by atoms with van der Waals surface area (Å²) in [7, 11) is 0. The molecule has 0 heterocycles. The van der Waals surface area contributed by atoms with Gasteiger partial charge in [0, 0.05) is 11.4 Å². The van der Waals surface area contributed by atoms with E-state index in [0.717, 1.165) is 18.2 Å². The standard InChI is InChI=1S/C10H11BrClNO3/c11-6-1-2-7-16-10-8(12)4-3-5-9(10)13(14)15/h3-5H,1-2,6-7H2. The van der Waals surface area contributed by atoms with E-state index in [4.69, 9.17) is 16.3 Å². The first kappa shape index (κ1) is 13.3. The third-order valence-corrected chi connectivity index (χ3v) is 2.78. The summed E-state index contributed by atoms with van der Waals surface area (Å²) in [6, 6.07) is 4.49. The molecule has 0 aromatic heterocycles. The molecule has 0 saturated carbocycles. The van der Waals surface area contributed by atoms with Crippen LogP contribution < -0.4 is 4.74 Å². The summed E-state index contributed by atoms with van der Waals surface area (Å²) < 4.78 is 5.34. The molecule has 16 heavy (non-hydrogen) atoms. The van der Waals surface area contributed by atoms with E-state index in [2.05, 4.69) is 15.9 Å². The van der Waals surface area contributed by atoms with Crippen LogP contribution >= 0.6 is 27.5 Å². The first-order valence-electron chi connectivity index (χ1n) is 4.78. The van der Waals surface area contributed by atoms with Crippen molar-refractivity contribution in [1.29, 1.82) is 0 Å². The second kappa shape index (κ2) is 6.70. The first-order valence-corrected chi connectivity index (χ1v) is 6.28. The molecule has 0 N–H and O–H groups in total. The molecule has 0 aliphatic rings. The van der Waals surface area contributed by atoms with Gasteiger partial charge in [-0.05, 0) is 18.9 Å². The molecular weight excluding hydrogens is 297 g/mol. The number of hydrogen-bond acceptors (Lipinski definition) is 3. The topological polar surface area (TPSA) is 52.4 Å². The molecule has 1 aromatic carbocycles. The summed E-state index contributed by atoms with van der Waals surface area (Å²) in [4.78, 5) is 10.2. The Morgan fingerprint density at radius 2 is 2.19 bits per heavy atom. The van der Waals surface area contributed by atoms with Crippen molar-refractivity contribution in [1.82, 2.24) is 0 Å². The maximum absolute atomic E-state index is 10.7. The molecule has 0 radical (unpaired) electrons. The van der Waals surface area contributed by atoms with Gasteiger partial charge in [-0.2, -0.15) is 0 Å². The highest BCUT2D eigenvalue weighted by Crippen LogP contribution is 2.34. The Morgan fingerprint density at radius 3 is 2.81 bits per heavy atom. The van der Waals surface area contributed by atoms with Crippen LogP contribution in [0.2, 0.25) is 5.02 Å². The summed E-state index contributed by atoms with van der Waals surface area (Å²) in [5, 5.41) is 11.9. The molecule has 0 spiro atoms. The Morgan fingerprint density at radius 1 is 1.44 bits per heavy atom. The highest BCUT2D eigenvalue weighted by molar-refractivity contribution is 9.09. The lowest BCUT2D eigenvalue weighted by Gasteiger charge is -2.07. The van der Waals surface area contributed by atoms with Crippen LogP contribution in [-0.2, 0) is 0 Å². The number of nitro benzene ring substituents is 1. The van der Waals surface area contributed by atoms with Gasteiger partial charge in [0.05, 0.1) is 16.6 Å². The van der Waals surface area contributed by atoms with E-state index in [9.17, 15) is 10.1 Å². The van der Waals surface area contributed by atoms with E-state index in [1.54, 1.807) is 6.07 Å². The first-order chi connectivity index (χ1) is 7.66. The van der Waals surface area contributed by atoms with Crippen molar-refractivity contribution in [3.05, 3.63) is 33.3 Å². The zero-order valence-electron chi connectivity index (χ0n) is 8.49. The molecular formula is C10H11BrClNO3. The molecule has 4 nitrogen and oxygen atoms in total. The van der Waals surface area contributed by atoms with Gasteiger partial charge in [-0.1, -0.05) is 33.6 Å². The quantitative estimate of drug-likeness (QED) is 0.347. The Labute approximate surface area is 107 Å². The van der Waals surface area contributed by atoms with Gasteiger partial charge in [-0.15, -0.1) is 0 Å². The Balaban J connectivity index is 2.73. The van der Waals surface area contributed by atoms with Gasteiger partial charge < -0.3 is 4.74 Å². The normalized spacial score (nSPS) is 10.1. The summed E-state index contributed by atoms with van der Waals surface area (Å²) in [6.45, 7) is 0.427. The Hall–Kier alpha value is -0.810. The minimum absolute atomic E-state index is 0.0913. The number of nitro groups is 1. The van der Waals surface area contributed by atoms with Crippen LogP contribution in [0.25, 0.3) is 0 Å². The SMILES string of the molecule is O=[N+]([O-])c1cccc(Cl)c1OCCCCBr. The monoisotopic (exact) mass is 307 g/mol. The number of halogens is 2. The van der Waals surface area contributed by atoms with Crippen LogP contribution in [0, 0.1) is 10.1 Å². The van der Waals surface area contributed by atoms with Gasteiger partial charge in [0.2, 0.25) is 5.75 Å². The fourth-order valence-corrected chi connectivity index (χ4v) is 1.78. The molecule has 0 bridgehead atoms. The van der Waals surface area contributed by atoms with E-state index >= 15 is 0 Å². The van der Waals surface area contributed by atoms with Crippen molar-refractivity contribution in [3.8, 4) is 5.75 Å². The van der Waals surface area contributed by atoms with E-state index < -0.39 is 4.92 Å². The fourth-order valence-electron chi connectivity index (χ4n) is 1.15. The summed E-state index contributed by atoms with van der Waals surface area (Å²) >= 11 is 9.15. The number of alkyl halides is 1. The second-order valence-electron chi connectivity index (χ2n) is 3.09. The van der Waals surface area contributed by atoms with Crippen molar-refractivity contribution in [3.63, 3.8) is 0 Å². The zero-order valence-corrected chi connectivity index (χ0v) is 10.8. The molecule has 1 aromatic rings. The number of hydrogen-bond donors (Lipinski definition) is 0. The maximum Gasteiger partial charge on any atom is 0.312 e. The lowest BCUT2D eigenvalue weighted by atomic mass is 10.3. The lowest BCUT2D eigenvalue weighted by Crippen LogP contribution is -2.01. The fraction of sp³-hybridized carbons (Fsp3) is 0.400. The van der Waals surface area contributed by atoms with Crippen molar-refractivity contribution < 1.29 is 9.66 Å². The van der Waals surface area contributed by atoms with Crippen LogP contribution in [0.4, 0.5) is 5.69 Å². The molecule has 1 rings (SSSR count). The molecule has 0 saturated heterocycles. The molecule has 0 unspecified atom stereocenters. The smallest absolute Gasteiger partial charge is 0.312 e. The maximum atomic E-state index is 10.7. The number of nitrogens with zero attached hydrogens (tertiary/aromatic N) is 1. The number of unbranched alkanes of at least 4 members (excludes halogenated alkanes) is 1. The minimum atomic E-state index is -0.494. The summed E-state index contributed by atoms with van der Waals surface area (Å²) in [5.74, 6) is 0.156. The largest absolute Gasteiger partial charge is 0.486 e. The lowest BCUT2D eigenvalue weighted by molar-refractivity contribution is -0.385. The van der Waals surface area contributed by atoms with E-state index in [1.807, 2.05) is 0 Å². The predicted octanol–water partition coefficient (Wildman–Crippen LogP) is 3.80. The van der Waals surface area contributed by atoms with Crippen molar-refractivity contribution >= 4 is 33.2 Å². The van der Waals surface area contributed by atoms with E-state index in [-0.39, 0.29) is 16.5 Å². The third kappa shape index (κ3) is 3.64. The van der Waals surface area contributed by atoms with Crippen molar-refractivity contribution in [2.75, 3.05) is 11.9 Å². The number of ether oxygens (including phenoxy) is 1. The van der Waals surface area contributed by atoms with Gasteiger partial charge in [0.1, 0.15) is 0 Å². The average molecular weight is 309 g/mol. The molecule has 0 amide bonds. The van der Waals surface area contributed by atoms with E-state index in [1.165, 1.54) is 12.1 Å². The summed E-state index contributed by atoms with van der Waals surface area (Å²) in [6.07, 6.45) is 1.78. The highest BCUT2D eigenvalue weighted by atomic mass is 79.9. The highest BCUT2D eigenvalue weighted by Gasteiger charge is 2.17. The van der Waals surface area contributed by atoms with Gasteiger partial charge in [0.15, 0.2) is 0 Å². The van der Waals surface area contributed by atoms with Crippen LogP contribution in [-0.4, -0.2) is 16.9 Å². The Kier molecular flexibility index (Phi) is 5.55. The Bertz CT molecular complexity index is 373.